The third-order valence-electron chi connectivity index (χ3n) is 4.10. The summed E-state index contributed by atoms with van der Waals surface area (Å²) in [5.41, 5.74) is 2.73. The molecule has 0 aliphatic carbocycles. The van der Waals surface area contributed by atoms with Crippen LogP contribution in [-0.2, 0) is 11.3 Å². The summed E-state index contributed by atoms with van der Waals surface area (Å²) in [6, 6.07) is 15.6. The summed E-state index contributed by atoms with van der Waals surface area (Å²) in [6.45, 7) is 2.25. The fourth-order valence-electron chi connectivity index (χ4n) is 2.96. The van der Waals surface area contributed by atoms with Crippen molar-refractivity contribution in [1.82, 2.24) is 19.3 Å². The van der Waals surface area contributed by atoms with E-state index in [1.54, 1.807) is 29.3 Å². The van der Waals surface area contributed by atoms with E-state index in [1.807, 2.05) is 47.9 Å². The van der Waals surface area contributed by atoms with Crippen LogP contribution in [0.15, 0.2) is 67.1 Å². The molecule has 3 heterocycles. The molecule has 1 aromatic carbocycles. The average Bonchev–Trinajstić information content (AvgIpc) is 3.24. The third-order valence-corrected chi connectivity index (χ3v) is 4.10. The normalized spacial score (nSPS) is 10.9. The van der Waals surface area contributed by atoms with Crippen molar-refractivity contribution in [3.05, 3.63) is 72.8 Å². The number of hydrogen-bond acceptors (Lipinski definition) is 3. The molecule has 6 nitrogen and oxygen atoms in total. The van der Waals surface area contributed by atoms with Gasteiger partial charge in [0.05, 0.1) is 5.69 Å². The first-order valence-corrected chi connectivity index (χ1v) is 8.02. The van der Waals surface area contributed by atoms with Crippen LogP contribution in [0, 0.1) is 6.92 Å². The Balaban J connectivity index is 1.60. The fraction of sp³-hybridized carbons (Fsp3) is 0.105. The van der Waals surface area contributed by atoms with Crippen LogP contribution in [0.3, 0.4) is 0 Å². The molecule has 0 atom stereocenters. The predicted molar refractivity (Wildman–Crippen MR) is 96.7 cm³/mol. The van der Waals surface area contributed by atoms with Gasteiger partial charge in [-0.25, -0.2) is 9.67 Å². The number of nitrogens with one attached hydrogen (secondary N) is 1. The molecule has 0 radical (unpaired) electrons. The molecule has 0 saturated heterocycles. The maximum Gasteiger partial charge on any atom is 0.244 e. The highest BCUT2D eigenvalue weighted by Crippen LogP contribution is 2.20. The number of para-hydroxylation sites is 1. The number of hydrogen-bond donors (Lipinski definition) is 1. The van der Waals surface area contributed by atoms with Crippen LogP contribution in [-0.4, -0.2) is 25.2 Å². The number of aryl methyl sites for hydroxylation is 1. The van der Waals surface area contributed by atoms with E-state index < -0.39 is 0 Å². The molecule has 1 N–H and O–H groups in total. The summed E-state index contributed by atoms with van der Waals surface area (Å²) in [4.78, 5) is 16.9. The molecule has 0 fully saturated rings. The van der Waals surface area contributed by atoms with Gasteiger partial charge in [0.1, 0.15) is 6.54 Å². The monoisotopic (exact) mass is 331 g/mol. The molecule has 0 unspecified atom stereocenters. The maximum absolute atomic E-state index is 12.6. The van der Waals surface area contributed by atoms with Crippen molar-refractivity contribution in [2.45, 2.75) is 13.5 Å². The quantitative estimate of drug-likeness (QED) is 0.625. The van der Waals surface area contributed by atoms with Gasteiger partial charge in [0.25, 0.3) is 0 Å². The number of anilines is 1. The van der Waals surface area contributed by atoms with Gasteiger partial charge in [0.2, 0.25) is 5.91 Å². The largest absolute Gasteiger partial charge is 0.335 e. The van der Waals surface area contributed by atoms with E-state index >= 15 is 0 Å². The second kappa shape index (κ2) is 6.24. The highest BCUT2D eigenvalue weighted by molar-refractivity contribution is 5.93. The molecule has 0 aliphatic rings. The number of carbonyl (C=O) groups is 1. The number of aromatic nitrogens is 4. The summed E-state index contributed by atoms with van der Waals surface area (Å²) >= 11 is 0. The molecule has 4 aromatic rings. The van der Waals surface area contributed by atoms with Crippen LogP contribution in [0.4, 0.5) is 5.69 Å². The zero-order valence-corrected chi connectivity index (χ0v) is 13.8. The molecule has 0 aliphatic heterocycles. The van der Waals surface area contributed by atoms with E-state index in [1.165, 1.54) is 0 Å². The lowest BCUT2D eigenvalue weighted by Crippen LogP contribution is -2.20. The summed E-state index contributed by atoms with van der Waals surface area (Å²) in [7, 11) is 0. The van der Waals surface area contributed by atoms with Crippen LogP contribution in [0.1, 0.15) is 5.69 Å². The van der Waals surface area contributed by atoms with Gasteiger partial charge in [-0.05, 0) is 42.6 Å². The van der Waals surface area contributed by atoms with Gasteiger partial charge < -0.3 is 9.88 Å². The van der Waals surface area contributed by atoms with Gasteiger partial charge in [0, 0.05) is 29.8 Å². The molecule has 4 rings (SSSR count). The lowest BCUT2D eigenvalue weighted by molar-refractivity contribution is -0.116. The molecule has 124 valence electrons. The van der Waals surface area contributed by atoms with E-state index in [2.05, 4.69) is 21.5 Å². The van der Waals surface area contributed by atoms with E-state index in [-0.39, 0.29) is 12.5 Å². The van der Waals surface area contributed by atoms with Crippen molar-refractivity contribution in [2.24, 2.45) is 0 Å². The SMILES string of the molecule is Cc1cc2ccccc2n1CC(=O)Nc1cccnc1-n1cccn1. The second-order valence-electron chi connectivity index (χ2n) is 5.80. The zero-order chi connectivity index (χ0) is 17.2. The summed E-state index contributed by atoms with van der Waals surface area (Å²) in [5.74, 6) is 0.487. The van der Waals surface area contributed by atoms with E-state index in [9.17, 15) is 4.79 Å². The number of pyridine rings is 1. The van der Waals surface area contributed by atoms with Crippen LogP contribution in [0.25, 0.3) is 16.7 Å². The molecular weight excluding hydrogens is 314 g/mol. The van der Waals surface area contributed by atoms with Crippen molar-refractivity contribution in [3.8, 4) is 5.82 Å². The van der Waals surface area contributed by atoms with Crippen molar-refractivity contribution >= 4 is 22.5 Å². The Morgan fingerprint density at radius 2 is 2.00 bits per heavy atom. The molecule has 6 heteroatoms. The van der Waals surface area contributed by atoms with Crippen LogP contribution in [0.5, 0.6) is 0 Å². The Morgan fingerprint density at radius 1 is 1.12 bits per heavy atom. The first kappa shape index (κ1) is 15.1. The number of fused-ring (bicyclic) bond motifs is 1. The summed E-state index contributed by atoms with van der Waals surface area (Å²) in [6.07, 6.45) is 5.15. The Bertz CT molecular complexity index is 1030. The summed E-state index contributed by atoms with van der Waals surface area (Å²) < 4.78 is 3.64. The van der Waals surface area contributed by atoms with Gasteiger partial charge in [-0.3, -0.25) is 4.79 Å². The summed E-state index contributed by atoms with van der Waals surface area (Å²) in [5, 5.41) is 8.26. The Kier molecular flexibility index (Phi) is 3.78. The minimum atomic E-state index is -0.106. The van der Waals surface area contributed by atoms with E-state index in [0.29, 0.717) is 11.5 Å². The minimum Gasteiger partial charge on any atom is -0.335 e. The number of amides is 1. The number of nitrogens with zero attached hydrogens (tertiary/aromatic N) is 4. The average molecular weight is 331 g/mol. The van der Waals surface area contributed by atoms with Crippen LogP contribution >= 0.6 is 0 Å². The third kappa shape index (κ3) is 2.89. The fourth-order valence-corrected chi connectivity index (χ4v) is 2.96. The Hall–Kier alpha value is -3.41. The lowest BCUT2D eigenvalue weighted by Gasteiger charge is -2.12. The van der Waals surface area contributed by atoms with Crippen molar-refractivity contribution in [1.29, 1.82) is 0 Å². The number of carbonyl (C=O) groups excluding carboxylic acids is 1. The first-order valence-electron chi connectivity index (χ1n) is 8.02. The van der Waals surface area contributed by atoms with Gasteiger partial charge in [-0.2, -0.15) is 5.10 Å². The number of benzene rings is 1. The Morgan fingerprint density at radius 3 is 2.84 bits per heavy atom. The smallest absolute Gasteiger partial charge is 0.244 e. The van der Waals surface area contributed by atoms with Crippen molar-refractivity contribution in [2.75, 3.05) is 5.32 Å². The highest BCUT2D eigenvalue weighted by atomic mass is 16.1. The molecular formula is C19H17N5O. The van der Waals surface area contributed by atoms with Gasteiger partial charge in [-0.15, -0.1) is 0 Å². The topological polar surface area (TPSA) is 64.7 Å². The van der Waals surface area contributed by atoms with Gasteiger partial charge >= 0.3 is 0 Å². The molecule has 1 amide bonds. The molecule has 0 spiro atoms. The van der Waals surface area contributed by atoms with Gasteiger partial charge in [0.15, 0.2) is 5.82 Å². The van der Waals surface area contributed by atoms with Gasteiger partial charge in [-0.1, -0.05) is 18.2 Å². The molecule has 0 bridgehead atoms. The molecule has 3 aromatic heterocycles. The van der Waals surface area contributed by atoms with E-state index in [4.69, 9.17) is 0 Å². The van der Waals surface area contributed by atoms with Crippen LogP contribution in [0.2, 0.25) is 0 Å². The second-order valence-corrected chi connectivity index (χ2v) is 5.80. The first-order chi connectivity index (χ1) is 12.2. The Labute approximate surface area is 144 Å². The standard InChI is InChI=1S/C19H17N5O/c1-14-12-15-6-2-3-8-17(15)23(14)13-18(25)22-16-7-4-9-20-19(16)24-11-5-10-21-24/h2-12H,13H2,1H3,(H,22,25). The van der Waals surface area contributed by atoms with Crippen molar-refractivity contribution < 1.29 is 4.79 Å². The highest BCUT2D eigenvalue weighted by Gasteiger charge is 2.12. The minimum absolute atomic E-state index is 0.106. The van der Waals surface area contributed by atoms with Crippen molar-refractivity contribution in [3.63, 3.8) is 0 Å². The zero-order valence-electron chi connectivity index (χ0n) is 13.8. The van der Waals surface area contributed by atoms with E-state index in [0.717, 1.165) is 16.6 Å². The molecule has 0 saturated carbocycles. The lowest BCUT2D eigenvalue weighted by atomic mass is 10.2. The predicted octanol–water partition coefficient (Wildman–Crippen LogP) is 3.17. The molecule has 25 heavy (non-hydrogen) atoms. The van der Waals surface area contributed by atoms with Crippen LogP contribution < -0.4 is 5.32 Å². The number of rotatable bonds is 4. The maximum atomic E-state index is 12.6.